The number of halogens is 1. The number of aromatic nitrogens is 4. The van der Waals surface area contributed by atoms with Crippen LogP contribution in [0.4, 0.5) is 0 Å². The molecule has 4 rings (SSSR count). The number of tetrazole rings is 1. The number of carbonyl (C=O) groups is 1. The molecule has 0 saturated carbocycles. The van der Waals surface area contributed by atoms with Gasteiger partial charge in [0.15, 0.2) is 0 Å². The standard InChI is InChI=1S/C22H18ClN5O2/c23-19-9-5-4-8-15(19)16-13-20(30-11-10-14-6-2-1-3-7-14)18(21(24)29)12-17(16)22-25-27-28-26-22/h1-9,12-13H,10-11H2,(H2,24,29)(H,25,26,27,28). The van der Waals surface area contributed by atoms with E-state index >= 15 is 0 Å². The summed E-state index contributed by atoms with van der Waals surface area (Å²) in [6, 6.07) is 20.7. The number of hydrogen-bond donors (Lipinski definition) is 2. The second kappa shape index (κ2) is 8.75. The first-order valence-electron chi connectivity index (χ1n) is 9.27. The Hall–Kier alpha value is -3.71. The van der Waals surface area contributed by atoms with Gasteiger partial charge in [-0.15, -0.1) is 10.2 Å². The zero-order chi connectivity index (χ0) is 20.9. The smallest absolute Gasteiger partial charge is 0.252 e. The maximum atomic E-state index is 12.1. The predicted molar refractivity (Wildman–Crippen MR) is 114 cm³/mol. The summed E-state index contributed by atoms with van der Waals surface area (Å²) in [6.45, 7) is 0.383. The van der Waals surface area contributed by atoms with Crippen molar-refractivity contribution < 1.29 is 9.53 Å². The Bertz CT molecular complexity index is 1160. The number of nitrogens with one attached hydrogen (secondary N) is 1. The van der Waals surface area contributed by atoms with Gasteiger partial charge in [-0.25, -0.2) is 0 Å². The molecule has 0 saturated heterocycles. The molecule has 4 aromatic rings. The number of nitrogens with zero attached hydrogens (tertiary/aromatic N) is 3. The molecule has 0 aliphatic rings. The van der Waals surface area contributed by atoms with E-state index in [1.54, 1.807) is 18.2 Å². The molecule has 1 heterocycles. The number of rotatable bonds is 7. The Kier molecular flexibility index (Phi) is 5.72. The van der Waals surface area contributed by atoms with Gasteiger partial charge in [0.2, 0.25) is 5.82 Å². The van der Waals surface area contributed by atoms with Crippen LogP contribution in [0, 0.1) is 0 Å². The zero-order valence-corrected chi connectivity index (χ0v) is 16.6. The molecule has 1 amide bonds. The summed E-state index contributed by atoms with van der Waals surface area (Å²) in [4.78, 5) is 12.1. The lowest BCUT2D eigenvalue weighted by atomic mass is 9.96. The van der Waals surface area contributed by atoms with Gasteiger partial charge in [0, 0.05) is 22.6 Å². The number of carbonyl (C=O) groups excluding carboxylic acids is 1. The van der Waals surface area contributed by atoms with Crippen molar-refractivity contribution in [3.63, 3.8) is 0 Å². The predicted octanol–water partition coefficient (Wildman–Crippen LogP) is 3.91. The number of nitrogens with two attached hydrogens (primary N) is 1. The molecule has 0 atom stereocenters. The molecule has 0 fully saturated rings. The van der Waals surface area contributed by atoms with Gasteiger partial charge in [-0.05, 0) is 34.5 Å². The van der Waals surface area contributed by atoms with Crippen molar-refractivity contribution in [2.75, 3.05) is 6.61 Å². The van der Waals surface area contributed by atoms with Gasteiger partial charge >= 0.3 is 0 Å². The molecule has 0 radical (unpaired) electrons. The van der Waals surface area contributed by atoms with Crippen LogP contribution in [0.2, 0.25) is 5.02 Å². The second-order valence-corrected chi connectivity index (χ2v) is 6.96. The quantitative estimate of drug-likeness (QED) is 0.472. The van der Waals surface area contributed by atoms with Crippen LogP contribution in [0.5, 0.6) is 5.75 Å². The fraction of sp³-hybridized carbons (Fsp3) is 0.0909. The van der Waals surface area contributed by atoms with Gasteiger partial charge in [-0.2, -0.15) is 5.21 Å². The van der Waals surface area contributed by atoms with Crippen LogP contribution in [0.25, 0.3) is 22.5 Å². The van der Waals surface area contributed by atoms with Crippen LogP contribution >= 0.6 is 11.6 Å². The normalized spacial score (nSPS) is 10.7. The van der Waals surface area contributed by atoms with Crippen LogP contribution in [-0.4, -0.2) is 33.1 Å². The van der Waals surface area contributed by atoms with Crippen LogP contribution in [0.3, 0.4) is 0 Å². The number of H-pyrrole nitrogens is 1. The van der Waals surface area contributed by atoms with Crippen LogP contribution < -0.4 is 10.5 Å². The summed E-state index contributed by atoms with van der Waals surface area (Å²) in [6.07, 6.45) is 0.688. The molecule has 3 N–H and O–H groups in total. The van der Waals surface area contributed by atoms with E-state index in [0.29, 0.717) is 40.8 Å². The van der Waals surface area contributed by atoms with Crippen molar-refractivity contribution >= 4 is 17.5 Å². The molecule has 3 aromatic carbocycles. The fourth-order valence-corrected chi connectivity index (χ4v) is 3.42. The first kappa shape index (κ1) is 19.6. The number of primary amides is 1. The topological polar surface area (TPSA) is 107 Å². The van der Waals surface area contributed by atoms with Crippen LogP contribution in [-0.2, 0) is 6.42 Å². The summed E-state index contributed by atoms with van der Waals surface area (Å²) in [5.41, 5.74) is 9.03. The third kappa shape index (κ3) is 4.16. The van der Waals surface area contributed by atoms with Crippen molar-refractivity contribution in [3.05, 3.63) is 82.9 Å². The Balaban J connectivity index is 1.76. The lowest BCUT2D eigenvalue weighted by Gasteiger charge is -2.15. The number of amides is 1. The molecule has 0 aliphatic carbocycles. The SMILES string of the molecule is NC(=O)c1cc(-c2nn[nH]n2)c(-c2ccccc2Cl)cc1OCCc1ccccc1. The first-order chi connectivity index (χ1) is 14.6. The highest BCUT2D eigenvalue weighted by atomic mass is 35.5. The average Bonchev–Trinajstić information content (AvgIpc) is 3.29. The number of benzene rings is 3. The molecular weight excluding hydrogens is 402 g/mol. The highest BCUT2D eigenvalue weighted by Gasteiger charge is 2.20. The third-order valence-electron chi connectivity index (χ3n) is 4.63. The molecule has 150 valence electrons. The Morgan fingerprint density at radius 1 is 1.00 bits per heavy atom. The Morgan fingerprint density at radius 2 is 1.77 bits per heavy atom. The van der Waals surface area contributed by atoms with Crippen LogP contribution in [0.15, 0.2) is 66.7 Å². The minimum Gasteiger partial charge on any atom is -0.492 e. The van der Waals surface area contributed by atoms with Crippen molar-refractivity contribution in [1.29, 1.82) is 0 Å². The molecule has 8 heteroatoms. The van der Waals surface area contributed by atoms with E-state index in [2.05, 4.69) is 20.6 Å². The number of ether oxygens (including phenoxy) is 1. The van der Waals surface area contributed by atoms with E-state index in [9.17, 15) is 4.79 Å². The molecule has 0 bridgehead atoms. The zero-order valence-electron chi connectivity index (χ0n) is 15.9. The highest BCUT2D eigenvalue weighted by molar-refractivity contribution is 6.33. The van der Waals surface area contributed by atoms with Crippen molar-refractivity contribution in [2.24, 2.45) is 5.73 Å². The van der Waals surface area contributed by atoms with E-state index in [1.165, 1.54) is 0 Å². The van der Waals surface area contributed by atoms with E-state index < -0.39 is 5.91 Å². The molecule has 30 heavy (non-hydrogen) atoms. The molecule has 1 aromatic heterocycles. The third-order valence-corrected chi connectivity index (χ3v) is 4.96. The second-order valence-electron chi connectivity index (χ2n) is 6.56. The van der Waals surface area contributed by atoms with E-state index in [0.717, 1.165) is 11.1 Å². The minimum atomic E-state index is -0.611. The highest BCUT2D eigenvalue weighted by Crippen LogP contribution is 2.38. The van der Waals surface area contributed by atoms with Gasteiger partial charge in [-0.3, -0.25) is 4.79 Å². The minimum absolute atomic E-state index is 0.235. The van der Waals surface area contributed by atoms with Crippen molar-refractivity contribution in [1.82, 2.24) is 20.6 Å². The first-order valence-corrected chi connectivity index (χ1v) is 9.64. The fourth-order valence-electron chi connectivity index (χ4n) is 3.18. The maximum Gasteiger partial charge on any atom is 0.252 e. The van der Waals surface area contributed by atoms with Gasteiger partial charge in [0.05, 0.1) is 12.2 Å². The average molecular weight is 420 g/mol. The van der Waals surface area contributed by atoms with E-state index in [1.807, 2.05) is 48.5 Å². The molecule has 0 unspecified atom stereocenters. The Morgan fingerprint density at radius 3 is 2.47 bits per heavy atom. The largest absolute Gasteiger partial charge is 0.492 e. The van der Waals surface area contributed by atoms with Gasteiger partial charge in [0.1, 0.15) is 5.75 Å². The maximum absolute atomic E-state index is 12.1. The molecule has 7 nitrogen and oxygen atoms in total. The summed E-state index contributed by atoms with van der Waals surface area (Å²) in [5.74, 6) is 0.0871. The van der Waals surface area contributed by atoms with Gasteiger partial charge in [0.25, 0.3) is 5.91 Å². The van der Waals surface area contributed by atoms with Crippen molar-refractivity contribution in [3.8, 4) is 28.3 Å². The lowest BCUT2D eigenvalue weighted by molar-refractivity contribution is 0.0996. The lowest BCUT2D eigenvalue weighted by Crippen LogP contribution is -2.14. The van der Waals surface area contributed by atoms with Gasteiger partial charge < -0.3 is 10.5 Å². The summed E-state index contributed by atoms with van der Waals surface area (Å²) >= 11 is 6.43. The molecule has 0 aliphatic heterocycles. The summed E-state index contributed by atoms with van der Waals surface area (Å²) in [5, 5.41) is 14.7. The van der Waals surface area contributed by atoms with Gasteiger partial charge in [-0.1, -0.05) is 60.1 Å². The van der Waals surface area contributed by atoms with Crippen LogP contribution in [0.1, 0.15) is 15.9 Å². The molecular formula is C22H18ClN5O2. The van der Waals surface area contributed by atoms with E-state index in [-0.39, 0.29) is 5.56 Å². The van der Waals surface area contributed by atoms with E-state index in [4.69, 9.17) is 22.1 Å². The summed E-state index contributed by atoms with van der Waals surface area (Å²) < 4.78 is 5.97. The monoisotopic (exact) mass is 419 g/mol. The number of hydrogen-bond acceptors (Lipinski definition) is 5. The number of aromatic amines is 1. The summed E-state index contributed by atoms with van der Waals surface area (Å²) in [7, 11) is 0. The Labute approximate surface area is 177 Å². The van der Waals surface area contributed by atoms with Crippen molar-refractivity contribution in [2.45, 2.75) is 6.42 Å². The molecule has 0 spiro atoms.